The maximum Gasteiger partial charge on any atom is 0.175 e. The molecule has 2 aromatic carbocycles. The molecule has 0 heterocycles. The van der Waals surface area contributed by atoms with Crippen molar-refractivity contribution in [2.75, 3.05) is 10.6 Å². The van der Waals surface area contributed by atoms with Crippen molar-refractivity contribution in [2.45, 2.75) is 0 Å². The quantitative estimate of drug-likeness (QED) is 0.715. The fourth-order valence-electron chi connectivity index (χ4n) is 1.42. The fourth-order valence-corrected chi connectivity index (χ4v) is 2.13. The van der Waals surface area contributed by atoms with Gasteiger partial charge in [0.1, 0.15) is 0 Å². The zero-order valence-corrected chi connectivity index (χ0v) is 12.7. The molecule has 2 rings (SSSR count). The number of benzene rings is 2. The smallest absolute Gasteiger partial charge is 0.175 e. The van der Waals surface area contributed by atoms with Gasteiger partial charge in [-0.25, -0.2) is 0 Å². The van der Waals surface area contributed by atoms with Crippen molar-refractivity contribution in [2.24, 2.45) is 0 Å². The Morgan fingerprint density at radius 1 is 0.842 bits per heavy atom. The van der Waals surface area contributed by atoms with E-state index in [1.807, 2.05) is 18.2 Å². The summed E-state index contributed by atoms with van der Waals surface area (Å²) in [4.78, 5) is 0. The molecule has 2 nitrogen and oxygen atoms in total. The molecule has 0 aromatic heterocycles. The van der Waals surface area contributed by atoms with Crippen LogP contribution in [0.1, 0.15) is 0 Å². The van der Waals surface area contributed by atoms with E-state index in [0.717, 1.165) is 11.4 Å². The molecule has 0 saturated carbocycles. The number of nitrogens with one attached hydrogen (secondary N) is 2. The van der Waals surface area contributed by atoms with Gasteiger partial charge in [-0.3, -0.25) is 0 Å². The first-order valence-electron chi connectivity index (χ1n) is 5.34. The molecule has 6 heteroatoms. The van der Waals surface area contributed by atoms with Crippen LogP contribution < -0.4 is 10.6 Å². The second kappa shape index (κ2) is 6.44. The van der Waals surface area contributed by atoms with Crippen molar-refractivity contribution in [3.63, 3.8) is 0 Å². The van der Waals surface area contributed by atoms with Gasteiger partial charge in [-0.1, -0.05) is 46.9 Å². The van der Waals surface area contributed by atoms with Crippen molar-refractivity contribution in [3.05, 3.63) is 57.5 Å². The van der Waals surface area contributed by atoms with E-state index in [1.54, 1.807) is 24.3 Å². The van der Waals surface area contributed by atoms with Gasteiger partial charge >= 0.3 is 0 Å². The van der Waals surface area contributed by atoms with Crippen LogP contribution in [0.15, 0.2) is 42.5 Å². The molecule has 0 saturated heterocycles. The minimum Gasteiger partial charge on any atom is -0.332 e. The maximum atomic E-state index is 6.03. The minimum absolute atomic E-state index is 0.423. The van der Waals surface area contributed by atoms with E-state index in [9.17, 15) is 0 Å². The number of rotatable bonds is 2. The molecule has 98 valence electrons. The van der Waals surface area contributed by atoms with E-state index < -0.39 is 0 Å². The molecule has 0 radical (unpaired) electrons. The van der Waals surface area contributed by atoms with Crippen LogP contribution in [0.25, 0.3) is 0 Å². The molecule has 2 aromatic rings. The lowest BCUT2D eigenvalue weighted by Gasteiger charge is -2.12. The monoisotopic (exact) mass is 330 g/mol. The second-order valence-corrected chi connectivity index (χ2v) is 5.32. The Hall–Kier alpha value is -1.00. The summed E-state index contributed by atoms with van der Waals surface area (Å²) in [6.07, 6.45) is 0. The van der Waals surface area contributed by atoms with Crippen LogP contribution in [0, 0.1) is 0 Å². The lowest BCUT2D eigenvalue weighted by Crippen LogP contribution is -2.19. The Balaban J connectivity index is 2.05. The van der Waals surface area contributed by atoms with E-state index in [4.69, 9.17) is 47.0 Å². The van der Waals surface area contributed by atoms with Crippen LogP contribution in [0.5, 0.6) is 0 Å². The first-order valence-corrected chi connectivity index (χ1v) is 6.88. The van der Waals surface area contributed by atoms with Crippen molar-refractivity contribution in [1.82, 2.24) is 0 Å². The van der Waals surface area contributed by atoms with Crippen LogP contribution >= 0.6 is 47.0 Å². The first-order chi connectivity index (χ1) is 9.06. The van der Waals surface area contributed by atoms with E-state index in [-0.39, 0.29) is 0 Å². The SMILES string of the molecule is S=C(Nc1ccc(Cl)c(Cl)c1)Nc1ccccc1Cl. The Labute approximate surface area is 131 Å². The Morgan fingerprint density at radius 2 is 1.58 bits per heavy atom. The molecule has 0 spiro atoms. The van der Waals surface area contributed by atoms with Crippen molar-refractivity contribution >= 4 is 63.5 Å². The molecule has 0 atom stereocenters. The molecule has 0 amide bonds. The zero-order chi connectivity index (χ0) is 13.8. The topological polar surface area (TPSA) is 24.1 Å². The van der Waals surface area contributed by atoms with Crippen molar-refractivity contribution in [1.29, 1.82) is 0 Å². The van der Waals surface area contributed by atoms with Crippen LogP contribution in [0.2, 0.25) is 15.1 Å². The van der Waals surface area contributed by atoms with Crippen LogP contribution in [0.3, 0.4) is 0 Å². The zero-order valence-electron chi connectivity index (χ0n) is 9.58. The number of hydrogen-bond donors (Lipinski definition) is 2. The third-order valence-corrected chi connectivity index (χ3v) is 3.57. The third-order valence-electron chi connectivity index (χ3n) is 2.30. The highest BCUT2D eigenvalue weighted by Crippen LogP contribution is 2.25. The third kappa shape index (κ3) is 3.98. The average Bonchev–Trinajstić information content (AvgIpc) is 2.37. The van der Waals surface area contributed by atoms with E-state index in [2.05, 4.69) is 10.6 Å². The van der Waals surface area contributed by atoms with Gasteiger partial charge in [0, 0.05) is 5.69 Å². The summed E-state index contributed by atoms with van der Waals surface area (Å²) in [5, 5.41) is 7.99. The molecular weight excluding hydrogens is 323 g/mol. The molecule has 0 unspecified atom stereocenters. The van der Waals surface area contributed by atoms with E-state index >= 15 is 0 Å². The highest BCUT2D eigenvalue weighted by Gasteiger charge is 2.04. The predicted molar refractivity (Wildman–Crippen MR) is 87.8 cm³/mol. The lowest BCUT2D eigenvalue weighted by molar-refractivity contribution is 1.59. The molecule has 0 aliphatic carbocycles. The number of hydrogen-bond acceptors (Lipinski definition) is 1. The molecule has 0 aliphatic heterocycles. The van der Waals surface area contributed by atoms with Gasteiger partial charge in [-0.2, -0.15) is 0 Å². The second-order valence-electron chi connectivity index (χ2n) is 3.69. The summed E-state index contributed by atoms with van der Waals surface area (Å²) in [5.41, 5.74) is 1.49. The van der Waals surface area contributed by atoms with Crippen molar-refractivity contribution in [3.8, 4) is 0 Å². The number of anilines is 2. The van der Waals surface area contributed by atoms with Gasteiger partial charge in [0.15, 0.2) is 5.11 Å². The van der Waals surface area contributed by atoms with Gasteiger partial charge in [0.2, 0.25) is 0 Å². The van der Waals surface area contributed by atoms with Gasteiger partial charge in [0.25, 0.3) is 0 Å². The highest BCUT2D eigenvalue weighted by atomic mass is 35.5. The Kier molecular flexibility index (Phi) is 4.88. The lowest BCUT2D eigenvalue weighted by atomic mass is 10.3. The number of para-hydroxylation sites is 1. The van der Waals surface area contributed by atoms with Crippen LogP contribution in [0.4, 0.5) is 11.4 Å². The summed E-state index contributed by atoms with van der Waals surface area (Å²) in [7, 11) is 0. The standard InChI is InChI=1S/C13H9Cl3N2S/c14-9-6-5-8(7-11(9)16)17-13(19)18-12-4-2-1-3-10(12)15/h1-7H,(H2,17,18,19). The highest BCUT2D eigenvalue weighted by molar-refractivity contribution is 7.80. The molecule has 0 aliphatic rings. The molecule has 0 fully saturated rings. The molecular formula is C13H9Cl3N2S. The van der Waals surface area contributed by atoms with Crippen LogP contribution in [-0.4, -0.2) is 5.11 Å². The predicted octanol–water partition coefficient (Wildman–Crippen LogP) is 5.46. The minimum atomic E-state index is 0.423. The first kappa shape index (κ1) is 14.4. The molecule has 19 heavy (non-hydrogen) atoms. The average molecular weight is 332 g/mol. The number of thiocarbonyl (C=S) groups is 1. The largest absolute Gasteiger partial charge is 0.332 e. The summed E-state index contributed by atoms with van der Waals surface area (Å²) in [6, 6.07) is 12.5. The normalized spacial score (nSPS) is 10.1. The van der Waals surface area contributed by atoms with E-state index in [0.29, 0.717) is 20.2 Å². The molecule has 0 bridgehead atoms. The maximum absolute atomic E-state index is 6.03. The summed E-state index contributed by atoms with van der Waals surface area (Å²) in [6.45, 7) is 0. The summed E-state index contributed by atoms with van der Waals surface area (Å²) < 4.78 is 0. The van der Waals surface area contributed by atoms with E-state index in [1.165, 1.54) is 0 Å². The Morgan fingerprint density at radius 3 is 2.26 bits per heavy atom. The fraction of sp³-hybridized carbons (Fsp3) is 0. The number of halogens is 3. The van der Waals surface area contributed by atoms with Gasteiger partial charge < -0.3 is 10.6 Å². The van der Waals surface area contributed by atoms with Crippen molar-refractivity contribution < 1.29 is 0 Å². The summed E-state index contributed by atoms with van der Waals surface area (Å²) in [5.74, 6) is 0. The van der Waals surface area contributed by atoms with Gasteiger partial charge in [-0.15, -0.1) is 0 Å². The Bertz CT molecular complexity index is 617. The van der Waals surface area contributed by atoms with Gasteiger partial charge in [0.05, 0.1) is 20.8 Å². The molecule has 2 N–H and O–H groups in total. The van der Waals surface area contributed by atoms with Gasteiger partial charge in [-0.05, 0) is 42.5 Å². The van der Waals surface area contributed by atoms with Crippen LogP contribution in [-0.2, 0) is 0 Å². The summed E-state index contributed by atoms with van der Waals surface area (Å²) >= 11 is 23.0.